The molecule has 7 heteroatoms. The predicted octanol–water partition coefficient (Wildman–Crippen LogP) is 8.41. The van der Waals surface area contributed by atoms with Crippen LogP contribution < -0.4 is 4.74 Å². The highest BCUT2D eigenvalue weighted by Gasteiger charge is 2.24. The van der Waals surface area contributed by atoms with E-state index in [1.807, 2.05) is 72.8 Å². The summed E-state index contributed by atoms with van der Waals surface area (Å²) in [5.41, 5.74) is 5.05. The Balaban J connectivity index is 1.34. The van der Waals surface area contributed by atoms with Crippen LogP contribution in [0.25, 0.3) is 17.2 Å². The van der Waals surface area contributed by atoms with Crippen molar-refractivity contribution in [1.82, 2.24) is 0 Å². The average Bonchev–Trinajstić information content (AvgIpc) is 3.24. The van der Waals surface area contributed by atoms with Crippen LogP contribution in [-0.2, 0) is 16.1 Å². The van der Waals surface area contributed by atoms with Crippen molar-refractivity contribution < 1.29 is 14.3 Å². The van der Waals surface area contributed by atoms with Crippen molar-refractivity contribution in [2.24, 2.45) is 4.99 Å². The predicted molar refractivity (Wildman–Crippen MR) is 158 cm³/mol. The Morgan fingerprint density at radius 2 is 1.50 bits per heavy atom. The maximum atomic E-state index is 12.5. The second-order valence-corrected chi connectivity index (χ2v) is 11.0. The van der Waals surface area contributed by atoms with Crippen molar-refractivity contribution in [2.45, 2.75) is 6.61 Å². The van der Waals surface area contributed by atoms with Gasteiger partial charge in [0.2, 0.25) is 5.90 Å². The van der Waals surface area contributed by atoms with Gasteiger partial charge in [0.25, 0.3) is 0 Å². The fraction of sp³-hybridized carbons (Fsp3) is 0.0345. The number of benzene rings is 4. The minimum absolute atomic E-state index is 0.239. The van der Waals surface area contributed by atoms with E-state index in [0.29, 0.717) is 18.3 Å². The van der Waals surface area contributed by atoms with Gasteiger partial charge in [0.1, 0.15) is 12.4 Å². The van der Waals surface area contributed by atoms with Gasteiger partial charge >= 0.3 is 5.97 Å². The van der Waals surface area contributed by atoms with E-state index >= 15 is 0 Å². The van der Waals surface area contributed by atoms with Crippen LogP contribution in [0.4, 0.5) is 0 Å². The van der Waals surface area contributed by atoms with E-state index in [1.54, 1.807) is 6.08 Å². The van der Waals surface area contributed by atoms with Crippen molar-refractivity contribution in [3.8, 4) is 16.9 Å². The summed E-state index contributed by atoms with van der Waals surface area (Å²) in [4.78, 5) is 17.0. The number of rotatable bonds is 6. The van der Waals surface area contributed by atoms with Crippen molar-refractivity contribution in [3.63, 3.8) is 0 Å². The second-order valence-electron chi connectivity index (χ2n) is 8.01. The Kier molecular flexibility index (Phi) is 7.69. The van der Waals surface area contributed by atoms with Crippen molar-refractivity contribution in [3.05, 3.63) is 126 Å². The molecule has 0 atom stereocenters. The summed E-state index contributed by atoms with van der Waals surface area (Å²) in [6, 6.07) is 29.8. The third-order valence-corrected chi connectivity index (χ3v) is 7.30. The number of esters is 1. The van der Waals surface area contributed by atoms with E-state index in [4.69, 9.17) is 9.47 Å². The molecule has 0 fully saturated rings. The molecule has 4 aromatic rings. The first-order chi connectivity index (χ1) is 17.5. The van der Waals surface area contributed by atoms with Crippen LogP contribution in [0.3, 0.4) is 0 Å². The van der Waals surface area contributed by atoms with Gasteiger partial charge in [-0.25, -0.2) is 9.79 Å². The third-order valence-electron chi connectivity index (χ3n) is 5.46. The van der Waals surface area contributed by atoms with Gasteiger partial charge in [0.05, 0.1) is 8.95 Å². The van der Waals surface area contributed by atoms with E-state index < -0.39 is 5.97 Å². The smallest absolute Gasteiger partial charge is 0.363 e. The lowest BCUT2D eigenvalue weighted by Gasteiger charge is -2.12. The Morgan fingerprint density at radius 3 is 2.19 bits per heavy atom. The molecule has 0 saturated carbocycles. The van der Waals surface area contributed by atoms with Gasteiger partial charge in [-0.2, -0.15) is 0 Å². The molecule has 1 heterocycles. The first kappa shape index (κ1) is 24.9. The number of hydrogen-bond donors (Lipinski definition) is 0. The summed E-state index contributed by atoms with van der Waals surface area (Å²) in [5.74, 6) is 0.498. The van der Waals surface area contributed by atoms with E-state index in [-0.39, 0.29) is 5.70 Å². The molecular weight excluding hydrogens is 697 g/mol. The van der Waals surface area contributed by atoms with Crippen LogP contribution in [-0.4, -0.2) is 11.9 Å². The van der Waals surface area contributed by atoms with Crippen LogP contribution in [0.5, 0.6) is 5.75 Å². The molecule has 0 spiro atoms. The Morgan fingerprint density at radius 1 is 0.833 bits per heavy atom. The molecule has 4 nitrogen and oxygen atoms in total. The number of hydrogen-bond acceptors (Lipinski definition) is 4. The van der Waals surface area contributed by atoms with E-state index in [2.05, 4.69) is 77.6 Å². The maximum absolute atomic E-state index is 12.5. The Hall–Kier alpha value is -2.75. The van der Waals surface area contributed by atoms with Crippen molar-refractivity contribution in [1.29, 1.82) is 0 Å². The molecule has 5 rings (SSSR count). The summed E-state index contributed by atoms with van der Waals surface area (Å²) < 4.78 is 14.2. The summed E-state index contributed by atoms with van der Waals surface area (Å²) >= 11 is 9.46. The molecule has 0 amide bonds. The molecule has 0 bridgehead atoms. The zero-order valence-corrected chi connectivity index (χ0v) is 24.1. The van der Waals surface area contributed by atoms with Gasteiger partial charge in [-0.3, -0.25) is 0 Å². The van der Waals surface area contributed by atoms with Crippen molar-refractivity contribution >= 4 is 72.4 Å². The average molecular weight is 715 g/mol. The summed E-state index contributed by atoms with van der Waals surface area (Å²) in [6.07, 6.45) is 1.70. The molecule has 0 saturated heterocycles. The lowest BCUT2D eigenvalue weighted by molar-refractivity contribution is -0.129. The van der Waals surface area contributed by atoms with Gasteiger partial charge in [-0.1, -0.05) is 54.6 Å². The van der Waals surface area contributed by atoms with E-state index in [0.717, 1.165) is 40.3 Å². The molecule has 4 aromatic carbocycles. The van der Waals surface area contributed by atoms with Gasteiger partial charge in [-0.15, -0.1) is 0 Å². The van der Waals surface area contributed by atoms with Gasteiger partial charge < -0.3 is 9.47 Å². The molecular formula is C29H18Br2INO3. The Bertz CT molecular complexity index is 1480. The number of carbonyl (C=O) groups excluding carboxylic acids is 1. The van der Waals surface area contributed by atoms with Crippen LogP contribution in [0.1, 0.15) is 16.7 Å². The number of nitrogens with zero attached hydrogens (tertiary/aromatic N) is 1. The maximum Gasteiger partial charge on any atom is 0.363 e. The second kappa shape index (κ2) is 11.1. The highest BCUT2D eigenvalue weighted by atomic mass is 127. The zero-order chi connectivity index (χ0) is 25.1. The van der Waals surface area contributed by atoms with Crippen LogP contribution in [0, 0.1) is 3.57 Å². The fourth-order valence-electron chi connectivity index (χ4n) is 3.71. The lowest BCUT2D eigenvalue weighted by atomic mass is 10.0. The van der Waals surface area contributed by atoms with Crippen LogP contribution >= 0.6 is 54.5 Å². The lowest BCUT2D eigenvalue weighted by Crippen LogP contribution is -2.05. The SMILES string of the molecule is O=C1OC(c2ccc(-c3ccccc3)cc2)=N/C1=C\c1cc(Br)c(OCc2cccc(I)c2)c(Br)c1. The summed E-state index contributed by atoms with van der Waals surface area (Å²) in [6.45, 7) is 0.442. The molecule has 178 valence electrons. The van der Waals surface area contributed by atoms with Crippen LogP contribution in [0.2, 0.25) is 0 Å². The minimum Gasteiger partial charge on any atom is -0.487 e. The molecule has 0 radical (unpaired) electrons. The molecule has 0 unspecified atom stereocenters. The largest absolute Gasteiger partial charge is 0.487 e. The highest BCUT2D eigenvalue weighted by molar-refractivity contribution is 14.1. The van der Waals surface area contributed by atoms with Crippen molar-refractivity contribution in [2.75, 3.05) is 0 Å². The standard InChI is InChI=1S/C29H18Br2INO3/c30-24-14-19(15-25(31)27(24)35-17-18-5-4-8-23(32)13-18)16-26-29(34)36-28(33-26)22-11-9-21(10-12-22)20-6-2-1-3-7-20/h1-16H,17H2/b26-16-. The zero-order valence-electron chi connectivity index (χ0n) is 18.8. The number of cyclic esters (lactones) is 1. The number of aliphatic imine (C=N–C) groups is 1. The van der Waals surface area contributed by atoms with Gasteiger partial charge in [0, 0.05) is 9.13 Å². The van der Waals surface area contributed by atoms with E-state index in [9.17, 15) is 4.79 Å². The Labute approximate surface area is 239 Å². The first-order valence-corrected chi connectivity index (χ1v) is 13.7. The molecule has 0 aliphatic carbocycles. The highest BCUT2D eigenvalue weighted by Crippen LogP contribution is 2.36. The quantitative estimate of drug-likeness (QED) is 0.115. The number of carbonyl (C=O) groups is 1. The van der Waals surface area contributed by atoms with E-state index in [1.165, 1.54) is 0 Å². The van der Waals surface area contributed by atoms with Gasteiger partial charge in [-0.05, 0) is 119 Å². The molecule has 1 aliphatic rings. The van der Waals surface area contributed by atoms with Gasteiger partial charge in [0.15, 0.2) is 5.70 Å². The number of ether oxygens (including phenoxy) is 2. The molecule has 0 aromatic heterocycles. The minimum atomic E-state index is -0.483. The fourth-order valence-corrected chi connectivity index (χ4v) is 5.77. The summed E-state index contributed by atoms with van der Waals surface area (Å²) in [5, 5.41) is 0. The normalized spacial score (nSPS) is 14.0. The molecule has 1 aliphatic heterocycles. The molecule has 0 N–H and O–H groups in total. The molecule has 36 heavy (non-hydrogen) atoms. The topological polar surface area (TPSA) is 47.9 Å². The monoisotopic (exact) mass is 713 g/mol. The third kappa shape index (κ3) is 5.79. The first-order valence-electron chi connectivity index (χ1n) is 11.0. The van der Waals surface area contributed by atoms with Crippen LogP contribution in [0.15, 0.2) is 111 Å². The summed E-state index contributed by atoms with van der Waals surface area (Å²) in [7, 11) is 0. The number of halogens is 3.